The number of rotatable bonds is 7. The number of carbonyl (C=O) groups is 1. The van der Waals surface area contributed by atoms with Crippen LogP contribution in [0.4, 0.5) is 0 Å². The molecule has 122 valence electrons. The Hall–Kier alpha value is -1.17. The molecule has 2 aromatic carbocycles. The van der Waals surface area contributed by atoms with Crippen LogP contribution in [0.25, 0.3) is 0 Å². The summed E-state index contributed by atoms with van der Waals surface area (Å²) >= 11 is 10.9. The zero-order valence-electron chi connectivity index (χ0n) is 12.6. The Morgan fingerprint density at radius 1 is 1.22 bits per heavy atom. The number of ether oxygens (including phenoxy) is 1. The van der Waals surface area contributed by atoms with Crippen molar-refractivity contribution in [2.45, 2.75) is 17.9 Å². The summed E-state index contributed by atoms with van der Waals surface area (Å²) in [6.45, 7) is 2.32. The van der Waals surface area contributed by atoms with E-state index in [0.29, 0.717) is 12.3 Å². The predicted octanol–water partition coefficient (Wildman–Crippen LogP) is 4.78. The summed E-state index contributed by atoms with van der Waals surface area (Å²) in [6, 6.07) is 15.1. The number of hydrogen-bond acceptors (Lipinski definition) is 3. The topological polar surface area (TPSA) is 38.3 Å². The van der Waals surface area contributed by atoms with E-state index in [1.807, 2.05) is 48.5 Å². The van der Waals surface area contributed by atoms with Gasteiger partial charge in [0.25, 0.3) is 5.91 Å². The zero-order valence-corrected chi connectivity index (χ0v) is 15.7. The third-order valence-electron chi connectivity index (χ3n) is 2.98. The van der Waals surface area contributed by atoms with Crippen molar-refractivity contribution in [3.63, 3.8) is 0 Å². The lowest BCUT2D eigenvalue weighted by Gasteiger charge is -2.14. The minimum atomic E-state index is -0.531. The summed E-state index contributed by atoms with van der Waals surface area (Å²) in [4.78, 5) is 13.1. The van der Waals surface area contributed by atoms with Gasteiger partial charge in [-0.2, -0.15) is 0 Å². The predicted molar refractivity (Wildman–Crippen MR) is 99.4 cm³/mol. The molecule has 0 aliphatic heterocycles. The molecule has 0 fully saturated rings. The van der Waals surface area contributed by atoms with E-state index in [-0.39, 0.29) is 5.91 Å². The van der Waals surface area contributed by atoms with Crippen molar-refractivity contribution < 1.29 is 9.53 Å². The molecule has 3 nitrogen and oxygen atoms in total. The van der Waals surface area contributed by atoms with E-state index in [2.05, 4.69) is 21.2 Å². The number of thioether (sulfide) groups is 1. The molecule has 0 aliphatic rings. The minimum Gasteiger partial charge on any atom is -0.481 e. The van der Waals surface area contributed by atoms with Gasteiger partial charge in [-0.05, 0) is 55.5 Å². The molecule has 0 bridgehead atoms. The van der Waals surface area contributed by atoms with Crippen LogP contribution in [0.15, 0.2) is 57.9 Å². The lowest BCUT2D eigenvalue weighted by atomic mass is 10.3. The average Bonchev–Trinajstić information content (AvgIpc) is 2.55. The summed E-state index contributed by atoms with van der Waals surface area (Å²) in [5, 5.41) is 3.60. The number of carbonyl (C=O) groups excluding carboxylic acids is 1. The molecule has 0 saturated carbocycles. The average molecular weight is 415 g/mol. The number of amides is 1. The maximum Gasteiger partial charge on any atom is 0.260 e. The second-order valence-corrected chi connectivity index (χ2v) is 7.33. The zero-order chi connectivity index (χ0) is 16.7. The van der Waals surface area contributed by atoms with E-state index in [1.165, 1.54) is 0 Å². The smallest absolute Gasteiger partial charge is 0.260 e. The lowest BCUT2D eigenvalue weighted by molar-refractivity contribution is -0.127. The summed E-state index contributed by atoms with van der Waals surface area (Å²) in [6.07, 6.45) is -0.531. The third-order valence-corrected chi connectivity index (χ3v) is 4.77. The van der Waals surface area contributed by atoms with Crippen LogP contribution < -0.4 is 10.1 Å². The van der Waals surface area contributed by atoms with Crippen LogP contribution in [0.2, 0.25) is 5.02 Å². The first kappa shape index (κ1) is 18.2. The van der Waals surface area contributed by atoms with E-state index in [4.69, 9.17) is 16.3 Å². The van der Waals surface area contributed by atoms with Gasteiger partial charge in [0.1, 0.15) is 5.75 Å². The monoisotopic (exact) mass is 413 g/mol. The standard InChI is InChI=1S/C17H17BrClNO2S/c1-12(22-15-6-2-13(18)3-7-15)17(21)20-10-11-23-16-8-4-14(19)5-9-16/h2-9,12H,10-11H2,1H3,(H,20,21)/t12-/m1/s1. The van der Waals surface area contributed by atoms with Gasteiger partial charge in [-0.25, -0.2) is 0 Å². The van der Waals surface area contributed by atoms with Crippen molar-refractivity contribution in [3.05, 3.63) is 58.0 Å². The normalized spacial score (nSPS) is 11.8. The second-order valence-electron chi connectivity index (χ2n) is 4.81. The van der Waals surface area contributed by atoms with E-state index in [0.717, 1.165) is 20.1 Å². The molecule has 0 aromatic heterocycles. The molecule has 0 heterocycles. The van der Waals surface area contributed by atoms with Crippen molar-refractivity contribution >= 4 is 45.2 Å². The maximum absolute atomic E-state index is 12.0. The van der Waals surface area contributed by atoms with E-state index >= 15 is 0 Å². The molecule has 0 saturated heterocycles. The fourth-order valence-corrected chi connectivity index (χ4v) is 2.95. The number of nitrogens with one attached hydrogen (secondary N) is 1. The van der Waals surface area contributed by atoms with Gasteiger partial charge in [0.05, 0.1) is 0 Å². The van der Waals surface area contributed by atoms with Gasteiger partial charge in [0.2, 0.25) is 0 Å². The van der Waals surface area contributed by atoms with Gasteiger partial charge in [-0.15, -0.1) is 11.8 Å². The molecule has 1 N–H and O–H groups in total. The number of benzene rings is 2. The largest absolute Gasteiger partial charge is 0.481 e. The van der Waals surface area contributed by atoms with Gasteiger partial charge in [0, 0.05) is 26.7 Å². The Kier molecular flexibility index (Phi) is 7.27. The summed E-state index contributed by atoms with van der Waals surface area (Å²) in [5.74, 6) is 1.34. The molecule has 23 heavy (non-hydrogen) atoms. The molecule has 0 spiro atoms. The van der Waals surface area contributed by atoms with Gasteiger partial charge < -0.3 is 10.1 Å². The molecule has 0 radical (unpaired) electrons. The van der Waals surface area contributed by atoms with Crippen LogP contribution in [-0.4, -0.2) is 24.3 Å². The van der Waals surface area contributed by atoms with E-state index in [1.54, 1.807) is 18.7 Å². The molecule has 1 amide bonds. The SMILES string of the molecule is C[C@@H](Oc1ccc(Br)cc1)C(=O)NCCSc1ccc(Cl)cc1. The van der Waals surface area contributed by atoms with Crippen LogP contribution in [0.1, 0.15) is 6.92 Å². The first-order valence-corrected chi connectivity index (χ1v) is 9.28. The molecular formula is C17H17BrClNO2S. The van der Waals surface area contributed by atoms with Crippen LogP contribution >= 0.6 is 39.3 Å². The molecular weight excluding hydrogens is 398 g/mol. The van der Waals surface area contributed by atoms with Crippen LogP contribution in [0, 0.1) is 0 Å². The number of halogens is 2. The van der Waals surface area contributed by atoms with Gasteiger partial charge >= 0.3 is 0 Å². The Bertz CT molecular complexity index is 634. The minimum absolute atomic E-state index is 0.121. The van der Waals surface area contributed by atoms with Crippen LogP contribution in [0.3, 0.4) is 0 Å². The van der Waals surface area contributed by atoms with E-state index in [9.17, 15) is 4.79 Å². The van der Waals surface area contributed by atoms with Crippen LogP contribution in [0.5, 0.6) is 5.75 Å². The van der Waals surface area contributed by atoms with Crippen molar-refractivity contribution in [1.29, 1.82) is 0 Å². The molecule has 6 heteroatoms. The van der Waals surface area contributed by atoms with Gasteiger partial charge in [-0.3, -0.25) is 4.79 Å². The molecule has 2 aromatic rings. The fraction of sp³-hybridized carbons (Fsp3) is 0.235. The highest BCUT2D eigenvalue weighted by molar-refractivity contribution is 9.10. The summed E-state index contributed by atoms with van der Waals surface area (Å²) in [7, 11) is 0. The summed E-state index contributed by atoms with van der Waals surface area (Å²) < 4.78 is 6.58. The van der Waals surface area contributed by atoms with E-state index < -0.39 is 6.10 Å². The van der Waals surface area contributed by atoms with Crippen molar-refractivity contribution in [1.82, 2.24) is 5.32 Å². The Morgan fingerprint density at radius 2 is 1.87 bits per heavy atom. The molecule has 1 atom stereocenters. The Balaban J connectivity index is 1.69. The summed E-state index contributed by atoms with van der Waals surface area (Å²) in [5.41, 5.74) is 0. The quantitative estimate of drug-likeness (QED) is 0.523. The third kappa shape index (κ3) is 6.45. The van der Waals surface area contributed by atoms with Gasteiger partial charge in [0.15, 0.2) is 6.10 Å². The van der Waals surface area contributed by atoms with Crippen molar-refractivity contribution in [3.8, 4) is 5.75 Å². The van der Waals surface area contributed by atoms with Crippen molar-refractivity contribution in [2.24, 2.45) is 0 Å². The second kappa shape index (κ2) is 9.21. The molecule has 0 unspecified atom stereocenters. The Labute approximate surface area is 153 Å². The highest BCUT2D eigenvalue weighted by Crippen LogP contribution is 2.20. The van der Waals surface area contributed by atoms with Gasteiger partial charge in [-0.1, -0.05) is 27.5 Å². The molecule has 0 aliphatic carbocycles. The van der Waals surface area contributed by atoms with Crippen LogP contribution in [-0.2, 0) is 4.79 Å². The highest BCUT2D eigenvalue weighted by Gasteiger charge is 2.13. The molecule has 2 rings (SSSR count). The first-order valence-electron chi connectivity index (χ1n) is 7.13. The van der Waals surface area contributed by atoms with Crippen molar-refractivity contribution in [2.75, 3.05) is 12.3 Å². The Morgan fingerprint density at radius 3 is 2.52 bits per heavy atom. The lowest BCUT2D eigenvalue weighted by Crippen LogP contribution is -2.37. The number of hydrogen-bond donors (Lipinski definition) is 1. The highest BCUT2D eigenvalue weighted by atomic mass is 79.9. The first-order chi connectivity index (χ1) is 11.0. The fourth-order valence-electron chi connectivity index (χ4n) is 1.79. The maximum atomic E-state index is 12.0.